The maximum atomic E-state index is 10.7. The largest absolute Gasteiger partial charge is 0.508 e. The van der Waals surface area contributed by atoms with Crippen LogP contribution in [0.1, 0.15) is 50.3 Å². The van der Waals surface area contributed by atoms with E-state index < -0.39 is 6.16 Å². The minimum absolute atomic E-state index is 0.389. The lowest BCUT2D eigenvalue weighted by Gasteiger charge is -2.17. The van der Waals surface area contributed by atoms with Gasteiger partial charge in [0, 0.05) is 22.7 Å². The molecular weight excluding hydrogens is 370 g/mol. The van der Waals surface area contributed by atoms with Crippen LogP contribution in [0.3, 0.4) is 0 Å². The third-order valence-electron chi connectivity index (χ3n) is 4.43. The third-order valence-corrected chi connectivity index (χ3v) is 4.73. The molecule has 1 aromatic carbocycles. The molecule has 148 valence electrons. The average Bonchev–Trinajstić information content (AvgIpc) is 2.63. The topological polar surface area (TPSA) is 77.9 Å². The van der Waals surface area contributed by atoms with E-state index in [4.69, 9.17) is 26.2 Å². The summed E-state index contributed by atoms with van der Waals surface area (Å²) < 4.78 is 15.5. The molecule has 0 unspecified atom stereocenters. The van der Waals surface area contributed by atoms with Gasteiger partial charge >= 0.3 is 6.16 Å². The number of benzene rings is 1. The van der Waals surface area contributed by atoms with E-state index in [-0.39, 0.29) is 6.79 Å². The Kier molecular flexibility index (Phi) is 7.98. The van der Waals surface area contributed by atoms with Gasteiger partial charge in [-0.2, -0.15) is 0 Å². The summed E-state index contributed by atoms with van der Waals surface area (Å²) in [7, 11) is 1.54. The van der Waals surface area contributed by atoms with E-state index in [9.17, 15) is 4.79 Å². The highest BCUT2D eigenvalue weighted by Gasteiger charge is 2.17. The lowest BCUT2D eigenvalue weighted by Crippen LogP contribution is -2.10. The first-order chi connectivity index (χ1) is 13.0. The predicted octanol–water partition coefficient (Wildman–Crippen LogP) is 5.75. The molecule has 27 heavy (non-hydrogen) atoms. The number of aryl methyl sites for hydroxylation is 1. The second-order valence-electron chi connectivity index (χ2n) is 6.35. The first-order valence-corrected chi connectivity index (χ1v) is 9.51. The van der Waals surface area contributed by atoms with Crippen molar-refractivity contribution < 1.29 is 24.1 Å². The number of fused-ring (bicyclic) bond motifs is 1. The molecule has 6 nitrogen and oxygen atoms in total. The van der Waals surface area contributed by atoms with E-state index in [2.05, 4.69) is 16.6 Å². The van der Waals surface area contributed by atoms with Crippen LogP contribution in [0.15, 0.2) is 12.1 Å². The second kappa shape index (κ2) is 10.2. The van der Waals surface area contributed by atoms with Crippen LogP contribution in [0, 0.1) is 6.92 Å². The molecule has 0 spiro atoms. The van der Waals surface area contributed by atoms with E-state index in [0.717, 1.165) is 30.5 Å². The SMILES string of the molecule is CCCCCCCc1c(C)nc2cc(OC)c(Cl)cc2c1OCOC(=O)O. The second-order valence-corrected chi connectivity index (χ2v) is 6.75. The lowest BCUT2D eigenvalue weighted by molar-refractivity contribution is 0.0262. The van der Waals surface area contributed by atoms with Crippen LogP contribution in [0.4, 0.5) is 4.79 Å². The summed E-state index contributed by atoms with van der Waals surface area (Å²) in [5.41, 5.74) is 2.47. The minimum Gasteiger partial charge on any atom is -0.495 e. The highest BCUT2D eigenvalue weighted by atomic mass is 35.5. The molecule has 2 rings (SSSR count). The number of carboxylic acid groups (broad SMARTS) is 1. The Morgan fingerprint density at radius 3 is 2.63 bits per heavy atom. The molecule has 2 aromatic rings. The number of aromatic nitrogens is 1. The van der Waals surface area contributed by atoms with Crippen LogP contribution in [-0.4, -0.2) is 30.1 Å². The van der Waals surface area contributed by atoms with Gasteiger partial charge in [0.1, 0.15) is 11.5 Å². The van der Waals surface area contributed by atoms with Crippen LogP contribution < -0.4 is 9.47 Å². The van der Waals surface area contributed by atoms with Crippen molar-refractivity contribution in [3.8, 4) is 11.5 Å². The maximum Gasteiger partial charge on any atom is 0.508 e. The van der Waals surface area contributed by atoms with Crippen molar-refractivity contribution in [1.82, 2.24) is 4.98 Å². The van der Waals surface area contributed by atoms with Crippen LogP contribution in [0.25, 0.3) is 10.9 Å². The zero-order chi connectivity index (χ0) is 19.8. The molecule has 0 saturated heterocycles. The molecular formula is C20H26ClNO5. The average molecular weight is 396 g/mol. The molecule has 0 aliphatic carbocycles. The number of ether oxygens (including phenoxy) is 3. The van der Waals surface area contributed by atoms with Gasteiger partial charge < -0.3 is 19.3 Å². The molecule has 0 atom stereocenters. The third kappa shape index (κ3) is 5.63. The van der Waals surface area contributed by atoms with Crippen molar-refractivity contribution in [3.63, 3.8) is 0 Å². The Hall–Kier alpha value is -2.21. The van der Waals surface area contributed by atoms with Gasteiger partial charge in [-0.1, -0.05) is 44.2 Å². The fraction of sp³-hybridized carbons (Fsp3) is 0.500. The van der Waals surface area contributed by atoms with Crippen molar-refractivity contribution in [2.75, 3.05) is 13.9 Å². The number of nitrogens with zero attached hydrogens (tertiary/aromatic N) is 1. The molecule has 1 N–H and O–H groups in total. The predicted molar refractivity (Wildman–Crippen MR) is 105 cm³/mol. The molecule has 0 saturated carbocycles. The van der Waals surface area contributed by atoms with Crippen molar-refractivity contribution in [3.05, 3.63) is 28.4 Å². The minimum atomic E-state index is -1.38. The number of carbonyl (C=O) groups is 1. The highest BCUT2D eigenvalue weighted by Crippen LogP contribution is 2.37. The van der Waals surface area contributed by atoms with Crippen molar-refractivity contribution in [2.45, 2.75) is 52.4 Å². The number of methoxy groups -OCH3 is 1. The number of unbranched alkanes of at least 4 members (excludes halogenated alkanes) is 4. The first kappa shape index (κ1) is 21.1. The molecule has 0 amide bonds. The van der Waals surface area contributed by atoms with Crippen LogP contribution >= 0.6 is 11.6 Å². The Balaban J connectivity index is 2.38. The van der Waals surface area contributed by atoms with E-state index in [1.54, 1.807) is 19.2 Å². The quantitative estimate of drug-likeness (QED) is 0.313. The standard InChI is InChI=1S/C20H26ClNO5/c1-4-5-6-7-8-9-14-13(2)22-17-11-18(25-3)16(21)10-15(17)19(14)26-12-27-20(23)24/h10-11H,4-9,12H2,1-3H3,(H,23,24). The summed E-state index contributed by atoms with van der Waals surface area (Å²) in [6.45, 7) is 3.72. The molecule has 0 fully saturated rings. The van der Waals surface area contributed by atoms with Crippen LogP contribution in [0.2, 0.25) is 5.02 Å². The van der Waals surface area contributed by atoms with Gasteiger partial charge in [0.15, 0.2) is 0 Å². The maximum absolute atomic E-state index is 10.7. The van der Waals surface area contributed by atoms with E-state index in [1.807, 2.05) is 6.92 Å². The van der Waals surface area contributed by atoms with Gasteiger partial charge in [0.25, 0.3) is 0 Å². The van der Waals surface area contributed by atoms with Crippen LogP contribution in [-0.2, 0) is 11.2 Å². The Labute approximate surface area is 164 Å². The Morgan fingerprint density at radius 2 is 1.96 bits per heavy atom. The summed E-state index contributed by atoms with van der Waals surface area (Å²) in [6, 6.07) is 3.49. The van der Waals surface area contributed by atoms with E-state index >= 15 is 0 Å². The Morgan fingerprint density at radius 1 is 1.22 bits per heavy atom. The van der Waals surface area contributed by atoms with Gasteiger partial charge in [-0.25, -0.2) is 4.79 Å². The molecule has 7 heteroatoms. The summed E-state index contributed by atoms with van der Waals surface area (Å²) in [6.07, 6.45) is 5.15. The summed E-state index contributed by atoms with van der Waals surface area (Å²) >= 11 is 6.28. The zero-order valence-electron chi connectivity index (χ0n) is 16.0. The number of pyridine rings is 1. The molecule has 0 aliphatic heterocycles. The van der Waals surface area contributed by atoms with Gasteiger partial charge in [-0.15, -0.1) is 0 Å². The lowest BCUT2D eigenvalue weighted by atomic mass is 10.0. The molecule has 0 radical (unpaired) electrons. The summed E-state index contributed by atoms with van der Waals surface area (Å²) in [5, 5.41) is 9.86. The van der Waals surface area contributed by atoms with Gasteiger partial charge in [-0.05, 0) is 25.8 Å². The van der Waals surface area contributed by atoms with Gasteiger partial charge in [0.05, 0.1) is 17.6 Å². The molecule has 0 bridgehead atoms. The summed E-state index contributed by atoms with van der Waals surface area (Å²) in [5.74, 6) is 1.09. The number of hydrogen-bond donors (Lipinski definition) is 1. The van der Waals surface area contributed by atoms with Crippen molar-refractivity contribution in [1.29, 1.82) is 0 Å². The van der Waals surface area contributed by atoms with Crippen molar-refractivity contribution >= 4 is 28.7 Å². The normalized spacial score (nSPS) is 10.8. The first-order valence-electron chi connectivity index (χ1n) is 9.13. The van der Waals surface area contributed by atoms with Gasteiger partial charge in [0.2, 0.25) is 6.79 Å². The van der Waals surface area contributed by atoms with Crippen LogP contribution in [0.5, 0.6) is 11.5 Å². The number of halogens is 1. The molecule has 0 aliphatic rings. The molecule has 1 aromatic heterocycles. The fourth-order valence-corrected chi connectivity index (χ4v) is 3.29. The van der Waals surface area contributed by atoms with E-state index in [0.29, 0.717) is 27.4 Å². The highest BCUT2D eigenvalue weighted by molar-refractivity contribution is 6.33. The summed E-state index contributed by atoms with van der Waals surface area (Å²) in [4.78, 5) is 15.3. The van der Waals surface area contributed by atoms with E-state index in [1.165, 1.54) is 19.3 Å². The number of hydrogen-bond acceptors (Lipinski definition) is 5. The van der Waals surface area contributed by atoms with Gasteiger partial charge in [-0.3, -0.25) is 4.98 Å². The molecule has 1 heterocycles. The monoisotopic (exact) mass is 395 g/mol. The zero-order valence-corrected chi connectivity index (χ0v) is 16.8. The fourth-order valence-electron chi connectivity index (χ4n) is 3.05. The van der Waals surface area contributed by atoms with Crippen molar-refractivity contribution in [2.24, 2.45) is 0 Å². The Bertz CT molecular complexity index is 794. The number of rotatable bonds is 10. The smallest absolute Gasteiger partial charge is 0.495 e.